The number of aliphatic hydroxyl groups excluding tert-OH is 1. The number of alkyl halides is 2. The summed E-state index contributed by atoms with van der Waals surface area (Å²) in [5.41, 5.74) is 0. The third-order valence-corrected chi connectivity index (χ3v) is 2.15. The summed E-state index contributed by atoms with van der Waals surface area (Å²) in [7, 11) is 0. The fourth-order valence-corrected chi connectivity index (χ4v) is 0.867. The lowest BCUT2D eigenvalue weighted by molar-refractivity contribution is 0.161. The van der Waals surface area contributed by atoms with Crippen molar-refractivity contribution < 1.29 is 9.50 Å². The summed E-state index contributed by atoms with van der Waals surface area (Å²) in [4.78, 5) is 0. The third-order valence-electron chi connectivity index (χ3n) is 0.983. The number of halogens is 2. The fraction of sp³-hybridized carbons (Fsp3) is 1.00. The maximum Gasteiger partial charge on any atom is 0.104 e. The third kappa shape index (κ3) is 2.81. The van der Waals surface area contributed by atoms with E-state index in [0.29, 0.717) is 6.42 Å². The Bertz CT molecular complexity index is 52.4. The first-order chi connectivity index (χ1) is 3.72. The van der Waals surface area contributed by atoms with Gasteiger partial charge in [-0.25, -0.2) is 4.39 Å². The van der Waals surface area contributed by atoms with Gasteiger partial charge in [-0.2, -0.15) is 0 Å². The topological polar surface area (TPSA) is 20.2 Å². The van der Waals surface area contributed by atoms with Crippen molar-refractivity contribution in [3.63, 3.8) is 0 Å². The molecule has 1 N–H and O–H groups in total. The average molecular weight is 232 g/mol. The molecule has 0 amide bonds. The van der Waals surface area contributed by atoms with E-state index in [9.17, 15) is 4.39 Å². The van der Waals surface area contributed by atoms with Gasteiger partial charge >= 0.3 is 0 Å². The maximum absolute atomic E-state index is 11.7. The van der Waals surface area contributed by atoms with E-state index >= 15 is 0 Å². The highest BCUT2D eigenvalue weighted by Crippen LogP contribution is 2.09. The molecule has 0 aliphatic carbocycles. The predicted octanol–water partition coefficient (Wildman–Crippen LogP) is 1.53. The Labute approximate surface area is 62.4 Å². The van der Waals surface area contributed by atoms with Crippen LogP contribution in [0.3, 0.4) is 0 Å². The van der Waals surface area contributed by atoms with Gasteiger partial charge in [-0.05, 0) is 6.42 Å². The van der Waals surface area contributed by atoms with Crippen molar-refractivity contribution in [2.45, 2.75) is 23.4 Å². The van der Waals surface area contributed by atoms with Gasteiger partial charge in [0.15, 0.2) is 0 Å². The standard InChI is InChI=1S/C5H10FIO/c1-2-5(8)4(7)3-6/h4-5,8H,2-3H2,1H3. The number of hydrogen-bond donors (Lipinski definition) is 1. The molecular weight excluding hydrogens is 222 g/mol. The summed E-state index contributed by atoms with van der Waals surface area (Å²) in [5, 5.41) is 8.88. The smallest absolute Gasteiger partial charge is 0.104 e. The summed E-state index contributed by atoms with van der Waals surface area (Å²) in [6, 6.07) is 0. The van der Waals surface area contributed by atoms with Gasteiger partial charge in [0.25, 0.3) is 0 Å². The average Bonchev–Trinajstić information content (AvgIpc) is 1.84. The number of rotatable bonds is 3. The molecule has 0 bridgehead atoms. The van der Waals surface area contributed by atoms with Crippen LogP contribution in [0.25, 0.3) is 0 Å². The first kappa shape index (κ1) is 8.62. The molecule has 2 unspecified atom stereocenters. The molecule has 0 rings (SSSR count). The van der Waals surface area contributed by atoms with Crippen LogP contribution in [0.2, 0.25) is 0 Å². The van der Waals surface area contributed by atoms with Gasteiger partial charge in [-0.15, -0.1) is 0 Å². The highest BCUT2D eigenvalue weighted by Gasteiger charge is 2.11. The quantitative estimate of drug-likeness (QED) is 0.577. The molecule has 50 valence electrons. The summed E-state index contributed by atoms with van der Waals surface area (Å²) < 4.78 is 11.4. The van der Waals surface area contributed by atoms with Crippen LogP contribution in [0.1, 0.15) is 13.3 Å². The van der Waals surface area contributed by atoms with Gasteiger partial charge in [0.05, 0.1) is 10.0 Å². The zero-order valence-electron chi connectivity index (χ0n) is 4.77. The lowest BCUT2D eigenvalue weighted by Gasteiger charge is -2.09. The summed E-state index contributed by atoms with van der Waals surface area (Å²) >= 11 is 1.91. The van der Waals surface area contributed by atoms with E-state index in [1.165, 1.54) is 0 Å². The van der Waals surface area contributed by atoms with E-state index in [2.05, 4.69) is 0 Å². The molecule has 0 aliphatic heterocycles. The zero-order chi connectivity index (χ0) is 6.57. The van der Waals surface area contributed by atoms with Gasteiger partial charge < -0.3 is 5.11 Å². The Morgan fingerprint density at radius 2 is 2.25 bits per heavy atom. The number of hydrogen-bond acceptors (Lipinski definition) is 1. The molecule has 0 aromatic heterocycles. The molecule has 0 spiro atoms. The monoisotopic (exact) mass is 232 g/mol. The minimum absolute atomic E-state index is 0.224. The van der Waals surface area contributed by atoms with Gasteiger partial charge in [-0.1, -0.05) is 29.5 Å². The second-order valence-corrected chi connectivity index (χ2v) is 3.25. The fourth-order valence-electron chi connectivity index (χ4n) is 0.359. The van der Waals surface area contributed by atoms with Crippen LogP contribution in [0.5, 0.6) is 0 Å². The minimum Gasteiger partial charge on any atom is -0.392 e. The molecule has 0 fully saturated rings. The Balaban J connectivity index is 3.29. The molecule has 1 nitrogen and oxygen atoms in total. The minimum atomic E-state index is -0.472. The highest BCUT2D eigenvalue weighted by molar-refractivity contribution is 14.1. The molecule has 8 heavy (non-hydrogen) atoms. The van der Waals surface area contributed by atoms with Crippen LogP contribution in [-0.4, -0.2) is 21.8 Å². The molecule has 3 heteroatoms. The summed E-state index contributed by atoms with van der Waals surface area (Å²) in [6.45, 7) is 1.40. The predicted molar refractivity (Wildman–Crippen MR) is 40.1 cm³/mol. The Kier molecular flexibility index (Phi) is 4.84. The van der Waals surface area contributed by atoms with E-state index in [0.717, 1.165) is 0 Å². The Morgan fingerprint density at radius 1 is 1.75 bits per heavy atom. The summed E-state index contributed by atoms with van der Waals surface area (Å²) in [5.74, 6) is 0. The zero-order valence-corrected chi connectivity index (χ0v) is 6.93. The molecule has 2 atom stereocenters. The molecule has 0 saturated heterocycles. The highest BCUT2D eigenvalue weighted by atomic mass is 127. The van der Waals surface area contributed by atoms with Crippen molar-refractivity contribution in [3.05, 3.63) is 0 Å². The van der Waals surface area contributed by atoms with Crippen molar-refractivity contribution in [1.29, 1.82) is 0 Å². The Hall–Kier alpha value is 0.620. The lowest BCUT2D eigenvalue weighted by atomic mass is 10.2. The van der Waals surface area contributed by atoms with Crippen LogP contribution in [0, 0.1) is 0 Å². The van der Waals surface area contributed by atoms with Crippen LogP contribution in [0.4, 0.5) is 4.39 Å². The first-order valence-electron chi connectivity index (χ1n) is 2.60. The molecular formula is C5H10FIO. The van der Waals surface area contributed by atoms with Gasteiger partial charge in [0, 0.05) is 0 Å². The second kappa shape index (κ2) is 4.49. The van der Waals surface area contributed by atoms with E-state index in [1.54, 1.807) is 0 Å². The SMILES string of the molecule is CCC(O)C(I)CF. The molecule has 0 aromatic carbocycles. The van der Waals surface area contributed by atoms with E-state index in [1.807, 2.05) is 29.5 Å². The van der Waals surface area contributed by atoms with Crippen molar-refractivity contribution >= 4 is 22.6 Å². The van der Waals surface area contributed by atoms with E-state index in [4.69, 9.17) is 5.11 Å². The Morgan fingerprint density at radius 3 is 2.38 bits per heavy atom. The maximum atomic E-state index is 11.7. The van der Waals surface area contributed by atoms with Gasteiger partial charge in [-0.3, -0.25) is 0 Å². The first-order valence-corrected chi connectivity index (χ1v) is 3.85. The van der Waals surface area contributed by atoms with E-state index in [-0.39, 0.29) is 3.92 Å². The molecule has 0 aromatic rings. The lowest BCUT2D eigenvalue weighted by Crippen LogP contribution is -2.20. The van der Waals surface area contributed by atoms with Crippen molar-refractivity contribution in [2.24, 2.45) is 0 Å². The normalized spacial score (nSPS) is 18.0. The van der Waals surface area contributed by atoms with Crippen molar-refractivity contribution in [2.75, 3.05) is 6.67 Å². The molecule has 0 aliphatic rings. The molecule has 0 heterocycles. The van der Waals surface area contributed by atoms with Crippen molar-refractivity contribution in [1.82, 2.24) is 0 Å². The van der Waals surface area contributed by atoms with Gasteiger partial charge in [0.1, 0.15) is 6.67 Å². The van der Waals surface area contributed by atoms with Crippen LogP contribution in [-0.2, 0) is 0 Å². The largest absolute Gasteiger partial charge is 0.392 e. The van der Waals surface area contributed by atoms with Crippen LogP contribution >= 0.6 is 22.6 Å². The summed E-state index contributed by atoms with van der Waals surface area (Å²) in [6.07, 6.45) is 0.165. The van der Waals surface area contributed by atoms with E-state index < -0.39 is 12.8 Å². The molecule has 0 radical (unpaired) electrons. The van der Waals surface area contributed by atoms with Crippen LogP contribution in [0.15, 0.2) is 0 Å². The number of aliphatic hydroxyl groups is 1. The molecule has 0 saturated carbocycles. The van der Waals surface area contributed by atoms with Crippen LogP contribution < -0.4 is 0 Å². The second-order valence-electron chi connectivity index (χ2n) is 1.65. The van der Waals surface area contributed by atoms with Crippen molar-refractivity contribution in [3.8, 4) is 0 Å². The van der Waals surface area contributed by atoms with Gasteiger partial charge in [0.2, 0.25) is 0 Å².